The maximum atomic E-state index is 12.2. The van der Waals surface area contributed by atoms with Crippen molar-refractivity contribution in [2.75, 3.05) is 4.90 Å². The van der Waals surface area contributed by atoms with E-state index in [1.165, 1.54) is 43.3 Å². The van der Waals surface area contributed by atoms with Gasteiger partial charge in [-0.25, -0.2) is 9.69 Å². The van der Waals surface area contributed by atoms with Crippen molar-refractivity contribution in [3.8, 4) is 5.75 Å². The molecule has 6 heteroatoms. The summed E-state index contributed by atoms with van der Waals surface area (Å²) in [5.41, 5.74) is 1.44. The Morgan fingerprint density at radius 3 is 2.23 bits per heavy atom. The van der Waals surface area contributed by atoms with Gasteiger partial charge in [-0.2, -0.15) is 0 Å². The van der Waals surface area contributed by atoms with E-state index in [1.807, 2.05) is 0 Å². The number of imide groups is 1. The number of nitrogens with zero attached hydrogens (tertiary/aromatic N) is 1. The van der Waals surface area contributed by atoms with Crippen molar-refractivity contribution in [1.29, 1.82) is 0 Å². The summed E-state index contributed by atoms with van der Waals surface area (Å²) in [4.78, 5) is 48.5. The highest BCUT2D eigenvalue weighted by atomic mass is 16.5. The monoisotopic (exact) mass is 349 g/mol. The number of Topliss-reactive ketones (excluding diaryl/α,β-unsaturated/α-hetero) is 1. The SMILES string of the molecule is CC(=O)c1cccc(OC(=O)c2ccc(N3C(=O)C=C(C)C3=O)cc2)c1. The Morgan fingerprint density at radius 1 is 0.962 bits per heavy atom. The van der Waals surface area contributed by atoms with Crippen LogP contribution < -0.4 is 9.64 Å². The van der Waals surface area contributed by atoms with Gasteiger partial charge in [0.15, 0.2) is 5.78 Å². The Morgan fingerprint density at radius 2 is 1.65 bits per heavy atom. The number of esters is 1. The lowest BCUT2D eigenvalue weighted by atomic mass is 10.1. The fourth-order valence-electron chi connectivity index (χ4n) is 2.52. The smallest absolute Gasteiger partial charge is 0.343 e. The van der Waals surface area contributed by atoms with Crippen LogP contribution in [0.5, 0.6) is 5.75 Å². The highest BCUT2D eigenvalue weighted by molar-refractivity contribution is 6.30. The van der Waals surface area contributed by atoms with Gasteiger partial charge in [-0.05, 0) is 50.2 Å². The topological polar surface area (TPSA) is 80.8 Å². The minimum atomic E-state index is -0.606. The number of rotatable bonds is 4. The van der Waals surface area contributed by atoms with Crippen LogP contribution in [0.25, 0.3) is 0 Å². The van der Waals surface area contributed by atoms with E-state index >= 15 is 0 Å². The molecule has 0 atom stereocenters. The van der Waals surface area contributed by atoms with Gasteiger partial charge < -0.3 is 4.74 Å². The Bertz CT molecular complexity index is 956. The summed E-state index contributed by atoms with van der Waals surface area (Å²) in [7, 11) is 0. The molecule has 0 saturated heterocycles. The molecule has 0 spiro atoms. The summed E-state index contributed by atoms with van der Waals surface area (Å²) in [5, 5.41) is 0. The zero-order valence-corrected chi connectivity index (χ0v) is 14.2. The fourth-order valence-corrected chi connectivity index (χ4v) is 2.52. The van der Waals surface area contributed by atoms with E-state index in [4.69, 9.17) is 4.74 Å². The molecule has 0 unspecified atom stereocenters. The van der Waals surface area contributed by atoms with E-state index in [2.05, 4.69) is 0 Å². The normalized spacial score (nSPS) is 13.6. The predicted molar refractivity (Wildman–Crippen MR) is 94.1 cm³/mol. The van der Waals surface area contributed by atoms with Gasteiger partial charge in [0.2, 0.25) is 0 Å². The Balaban J connectivity index is 1.76. The van der Waals surface area contributed by atoms with Gasteiger partial charge in [-0.15, -0.1) is 0 Å². The number of ether oxygens (including phenoxy) is 1. The summed E-state index contributed by atoms with van der Waals surface area (Å²) in [5.74, 6) is -1.27. The van der Waals surface area contributed by atoms with Gasteiger partial charge in [0, 0.05) is 17.2 Å². The molecular formula is C20H15NO5. The summed E-state index contributed by atoms with van der Waals surface area (Å²) >= 11 is 0. The third kappa shape index (κ3) is 3.30. The molecule has 6 nitrogen and oxygen atoms in total. The number of anilines is 1. The molecule has 1 aliphatic rings. The lowest BCUT2D eigenvalue weighted by Gasteiger charge is -2.14. The van der Waals surface area contributed by atoms with Crippen molar-refractivity contribution >= 4 is 29.3 Å². The molecule has 2 amide bonds. The first-order valence-corrected chi connectivity index (χ1v) is 7.87. The van der Waals surface area contributed by atoms with Gasteiger partial charge in [-0.3, -0.25) is 14.4 Å². The molecule has 0 bridgehead atoms. The first-order valence-electron chi connectivity index (χ1n) is 7.87. The van der Waals surface area contributed by atoms with E-state index in [-0.39, 0.29) is 23.0 Å². The van der Waals surface area contributed by atoms with Crippen LogP contribution in [0.4, 0.5) is 5.69 Å². The molecule has 0 saturated carbocycles. The number of benzene rings is 2. The van der Waals surface area contributed by atoms with Crippen LogP contribution in [0.15, 0.2) is 60.2 Å². The average Bonchev–Trinajstić information content (AvgIpc) is 2.87. The highest BCUT2D eigenvalue weighted by Crippen LogP contribution is 2.23. The van der Waals surface area contributed by atoms with E-state index < -0.39 is 11.9 Å². The standard InChI is InChI=1S/C20H15NO5/c1-12-10-18(23)21(19(12)24)16-8-6-14(7-9-16)20(25)26-17-5-3-4-15(11-17)13(2)22/h3-11H,1-2H3. The minimum Gasteiger partial charge on any atom is -0.423 e. The van der Waals surface area contributed by atoms with Gasteiger partial charge in [0.05, 0.1) is 11.3 Å². The van der Waals surface area contributed by atoms with E-state index in [0.717, 1.165) is 4.90 Å². The molecule has 1 heterocycles. The summed E-state index contributed by atoms with van der Waals surface area (Å²) in [6.45, 7) is 3.00. The van der Waals surface area contributed by atoms with Crippen LogP contribution in [0.1, 0.15) is 34.6 Å². The van der Waals surface area contributed by atoms with E-state index in [0.29, 0.717) is 16.8 Å². The molecule has 0 radical (unpaired) electrons. The second-order valence-corrected chi connectivity index (χ2v) is 5.83. The molecule has 3 rings (SSSR count). The maximum absolute atomic E-state index is 12.2. The number of hydrogen-bond acceptors (Lipinski definition) is 5. The second-order valence-electron chi connectivity index (χ2n) is 5.83. The van der Waals surface area contributed by atoms with E-state index in [1.54, 1.807) is 25.1 Å². The molecule has 0 N–H and O–H groups in total. The van der Waals surface area contributed by atoms with Crippen LogP contribution in [-0.4, -0.2) is 23.6 Å². The quantitative estimate of drug-likeness (QED) is 0.367. The van der Waals surface area contributed by atoms with Crippen molar-refractivity contribution in [3.63, 3.8) is 0 Å². The third-order valence-corrected chi connectivity index (χ3v) is 3.91. The van der Waals surface area contributed by atoms with Crippen molar-refractivity contribution in [3.05, 3.63) is 71.3 Å². The number of carbonyl (C=O) groups is 4. The number of ketones is 1. The molecule has 0 aromatic heterocycles. The van der Waals surface area contributed by atoms with Crippen molar-refractivity contribution in [2.24, 2.45) is 0 Å². The van der Waals surface area contributed by atoms with Gasteiger partial charge in [0.25, 0.3) is 11.8 Å². The van der Waals surface area contributed by atoms with Gasteiger partial charge in [0.1, 0.15) is 5.75 Å². The third-order valence-electron chi connectivity index (χ3n) is 3.91. The van der Waals surface area contributed by atoms with Crippen LogP contribution in [0.2, 0.25) is 0 Å². The molecule has 130 valence electrons. The molecule has 2 aromatic carbocycles. The van der Waals surface area contributed by atoms with Crippen LogP contribution >= 0.6 is 0 Å². The largest absolute Gasteiger partial charge is 0.423 e. The zero-order valence-electron chi connectivity index (χ0n) is 14.2. The van der Waals surface area contributed by atoms with Gasteiger partial charge in [-0.1, -0.05) is 12.1 Å². The summed E-state index contributed by atoms with van der Waals surface area (Å²) in [6.07, 6.45) is 1.27. The van der Waals surface area contributed by atoms with Crippen LogP contribution in [0, 0.1) is 0 Å². The van der Waals surface area contributed by atoms with Crippen molar-refractivity contribution < 1.29 is 23.9 Å². The molecule has 0 aliphatic carbocycles. The molecular weight excluding hydrogens is 334 g/mol. The predicted octanol–water partition coefficient (Wildman–Crippen LogP) is 2.93. The van der Waals surface area contributed by atoms with Gasteiger partial charge >= 0.3 is 5.97 Å². The average molecular weight is 349 g/mol. The Hall–Kier alpha value is -3.54. The first kappa shape index (κ1) is 17.3. The first-order chi connectivity index (χ1) is 12.4. The van der Waals surface area contributed by atoms with Crippen LogP contribution in [-0.2, 0) is 9.59 Å². The summed E-state index contributed by atoms with van der Waals surface area (Å²) < 4.78 is 5.27. The second kappa shape index (κ2) is 6.76. The number of carbonyl (C=O) groups excluding carboxylic acids is 4. The van der Waals surface area contributed by atoms with Crippen molar-refractivity contribution in [1.82, 2.24) is 0 Å². The Labute approximate surface area is 149 Å². The van der Waals surface area contributed by atoms with Crippen LogP contribution in [0.3, 0.4) is 0 Å². The molecule has 2 aromatic rings. The molecule has 0 fully saturated rings. The minimum absolute atomic E-state index is 0.129. The summed E-state index contributed by atoms with van der Waals surface area (Å²) in [6, 6.07) is 12.3. The number of hydrogen-bond donors (Lipinski definition) is 0. The van der Waals surface area contributed by atoms with E-state index in [9.17, 15) is 19.2 Å². The fraction of sp³-hybridized carbons (Fsp3) is 0.100. The number of amides is 2. The zero-order chi connectivity index (χ0) is 18.8. The van der Waals surface area contributed by atoms with Crippen molar-refractivity contribution in [2.45, 2.75) is 13.8 Å². The maximum Gasteiger partial charge on any atom is 0.343 e. The molecule has 26 heavy (non-hydrogen) atoms. The molecule has 1 aliphatic heterocycles. The highest BCUT2D eigenvalue weighted by Gasteiger charge is 2.29. The lowest BCUT2D eigenvalue weighted by molar-refractivity contribution is -0.120. The lowest BCUT2D eigenvalue weighted by Crippen LogP contribution is -2.30. The Kier molecular flexibility index (Phi) is 4.49.